The van der Waals surface area contributed by atoms with Gasteiger partial charge in [0.2, 0.25) is 5.91 Å². The number of hydrogen-bond acceptors (Lipinski definition) is 3. The number of nitrogen functional groups attached to an aromatic ring is 1. The van der Waals surface area contributed by atoms with Gasteiger partial charge in [-0.3, -0.25) is 4.79 Å². The lowest BCUT2D eigenvalue weighted by atomic mass is 10.0. The third kappa shape index (κ3) is 4.44. The number of amides is 1. The van der Waals surface area contributed by atoms with Gasteiger partial charge in [0, 0.05) is 12.2 Å². The van der Waals surface area contributed by atoms with E-state index in [4.69, 9.17) is 11.5 Å². The number of carbonyl (C=O) groups is 1. The monoisotopic (exact) mass is 235 g/mol. The van der Waals surface area contributed by atoms with Crippen molar-refractivity contribution >= 4 is 11.6 Å². The Kier molecular flexibility index (Phi) is 4.97. The van der Waals surface area contributed by atoms with E-state index < -0.39 is 6.04 Å². The molecular weight excluding hydrogens is 214 g/mol. The molecule has 0 aliphatic rings. The summed E-state index contributed by atoms with van der Waals surface area (Å²) in [6.07, 6.45) is 0.789. The second-order valence-corrected chi connectivity index (χ2v) is 4.55. The van der Waals surface area contributed by atoms with Crippen LogP contribution >= 0.6 is 0 Å². The molecule has 0 unspecified atom stereocenters. The van der Waals surface area contributed by atoms with Crippen molar-refractivity contribution in [2.24, 2.45) is 11.7 Å². The van der Waals surface area contributed by atoms with Crippen LogP contribution in [0.15, 0.2) is 24.3 Å². The fourth-order valence-electron chi connectivity index (χ4n) is 1.43. The van der Waals surface area contributed by atoms with Crippen molar-refractivity contribution in [2.75, 3.05) is 12.3 Å². The van der Waals surface area contributed by atoms with Gasteiger partial charge in [0.15, 0.2) is 0 Å². The second kappa shape index (κ2) is 6.25. The molecule has 1 atom stereocenters. The molecule has 17 heavy (non-hydrogen) atoms. The molecule has 0 bridgehead atoms. The highest BCUT2D eigenvalue weighted by atomic mass is 16.2. The average molecular weight is 235 g/mol. The zero-order chi connectivity index (χ0) is 12.8. The summed E-state index contributed by atoms with van der Waals surface area (Å²) in [5.74, 6) is 0.0713. The number of anilines is 1. The Hall–Kier alpha value is -1.55. The first-order valence-electron chi connectivity index (χ1n) is 5.88. The highest BCUT2D eigenvalue weighted by Crippen LogP contribution is 2.05. The van der Waals surface area contributed by atoms with Crippen molar-refractivity contribution in [2.45, 2.75) is 26.3 Å². The summed E-state index contributed by atoms with van der Waals surface area (Å²) < 4.78 is 0. The zero-order valence-corrected chi connectivity index (χ0v) is 10.4. The van der Waals surface area contributed by atoms with Crippen LogP contribution in [-0.4, -0.2) is 18.5 Å². The lowest BCUT2D eigenvalue weighted by molar-refractivity contribution is -0.123. The summed E-state index contributed by atoms with van der Waals surface area (Å²) in [6, 6.07) is 7.21. The molecule has 5 N–H and O–H groups in total. The molecule has 0 fully saturated rings. The summed E-state index contributed by atoms with van der Waals surface area (Å²) in [5, 5.41) is 2.83. The minimum atomic E-state index is -0.429. The Morgan fingerprint density at radius 1 is 1.29 bits per heavy atom. The molecule has 4 heteroatoms. The Labute approximate surface area is 102 Å². The van der Waals surface area contributed by atoms with Gasteiger partial charge >= 0.3 is 0 Å². The Balaban J connectivity index is 2.33. The topological polar surface area (TPSA) is 81.1 Å². The molecule has 1 aromatic carbocycles. The van der Waals surface area contributed by atoms with E-state index in [9.17, 15) is 4.79 Å². The summed E-state index contributed by atoms with van der Waals surface area (Å²) in [5.41, 5.74) is 13.2. The molecule has 94 valence electrons. The molecule has 1 rings (SSSR count). The van der Waals surface area contributed by atoms with Crippen molar-refractivity contribution in [3.05, 3.63) is 29.8 Å². The molecule has 0 saturated carbocycles. The zero-order valence-electron chi connectivity index (χ0n) is 10.4. The van der Waals surface area contributed by atoms with Crippen LogP contribution in [0.3, 0.4) is 0 Å². The first-order chi connectivity index (χ1) is 8.00. The van der Waals surface area contributed by atoms with Crippen LogP contribution in [0.1, 0.15) is 19.4 Å². The molecule has 0 saturated heterocycles. The molecule has 0 aromatic heterocycles. The van der Waals surface area contributed by atoms with E-state index in [1.165, 1.54) is 0 Å². The predicted octanol–water partition coefficient (Wildman–Crippen LogP) is 0.911. The van der Waals surface area contributed by atoms with Crippen LogP contribution in [0.2, 0.25) is 0 Å². The maximum absolute atomic E-state index is 11.6. The number of rotatable bonds is 5. The van der Waals surface area contributed by atoms with Gasteiger partial charge in [-0.15, -0.1) is 0 Å². The minimum Gasteiger partial charge on any atom is -0.399 e. The maximum atomic E-state index is 11.6. The van der Waals surface area contributed by atoms with Crippen molar-refractivity contribution in [1.29, 1.82) is 0 Å². The molecular formula is C13H21N3O. The van der Waals surface area contributed by atoms with Crippen LogP contribution in [-0.2, 0) is 11.2 Å². The van der Waals surface area contributed by atoms with Gasteiger partial charge in [0.25, 0.3) is 0 Å². The Morgan fingerprint density at radius 3 is 2.41 bits per heavy atom. The van der Waals surface area contributed by atoms with Crippen LogP contribution in [0.5, 0.6) is 0 Å². The quantitative estimate of drug-likeness (QED) is 0.664. The molecule has 0 aliphatic heterocycles. The molecule has 0 heterocycles. The van der Waals surface area contributed by atoms with Gasteiger partial charge in [-0.1, -0.05) is 26.0 Å². The van der Waals surface area contributed by atoms with E-state index >= 15 is 0 Å². The second-order valence-electron chi connectivity index (χ2n) is 4.55. The van der Waals surface area contributed by atoms with Crippen LogP contribution in [0.25, 0.3) is 0 Å². The molecule has 0 spiro atoms. The third-order valence-electron chi connectivity index (χ3n) is 2.71. The van der Waals surface area contributed by atoms with Crippen molar-refractivity contribution in [3.63, 3.8) is 0 Å². The Morgan fingerprint density at radius 2 is 1.88 bits per heavy atom. The van der Waals surface area contributed by atoms with Crippen LogP contribution < -0.4 is 16.8 Å². The van der Waals surface area contributed by atoms with Gasteiger partial charge < -0.3 is 16.8 Å². The van der Waals surface area contributed by atoms with Crippen LogP contribution in [0, 0.1) is 5.92 Å². The van der Waals surface area contributed by atoms with Gasteiger partial charge in [0.1, 0.15) is 0 Å². The normalized spacial score (nSPS) is 12.5. The average Bonchev–Trinajstić information content (AvgIpc) is 2.30. The predicted molar refractivity (Wildman–Crippen MR) is 70.4 cm³/mol. The van der Waals surface area contributed by atoms with Gasteiger partial charge in [-0.05, 0) is 30.0 Å². The fraction of sp³-hybridized carbons (Fsp3) is 0.462. The molecule has 1 aromatic rings. The number of benzene rings is 1. The first-order valence-corrected chi connectivity index (χ1v) is 5.88. The summed E-state index contributed by atoms with van der Waals surface area (Å²) >= 11 is 0. The van der Waals surface area contributed by atoms with E-state index in [0.29, 0.717) is 6.54 Å². The van der Waals surface area contributed by atoms with Crippen molar-refractivity contribution in [3.8, 4) is 0 Å². The van der Waals surface area contributed by atoms with Crippen LogP contribution in [0.4, 0.5) is 5.69 Å². The van der Waals surface area contributed by atoms with Crippen molar-refractivity contribution in [1.82, 2.24) is 5.32 Å². The standard InChI is InChI=1S/C13H21N3O/c1-9(2)12(15)13(17)16-8-7-10-3-5-11(14)6-4-10/h3-6,9,12H,7-8,14-15H2,1-2H3,(H,16,17)/t12-/m0/s1. The summed E-state index contributed by atoms with van der Waals surface area (Å²) in [4.78, 5) is 11.6. The van der Waals surface area contributed by atoms with E-state index in [2.05, 4.69) is 5.32 Å². The van der Waals surface area contributed by atoms with E-state index in [1.54, 1.807) is 0 Å². The van der Waals surface area contributed by atoms with Gasteiger partial charge in [-0.25, -0.2) is 0 Å². The lowest BCUT2D eigenvalue weighted by Gasteiger charge is -2.15. The third-order valence-corrected chi connectivity index (χ3v) is 2.71. The summed E-state index contributed by atoms with van der Waals surface area (Å²) in [7, 11) is 0. The number of nitrogens with one attached hydrogen (secondary N) is 1. The van der Waals surface area contributed by atoms with Crippen molar-refractivity contribution < 1.29 is 4.79 Å². The molecule has 0 aliphatic carbocycles. The van der Waals surface area contributed by atoms with E-state index in [1.807, 2.05) is 38.1 Å². The number of nitrogens with two attached hydrogens (primary N) is 2. The molecule has 4 nitrogen and oxygen atoms in total. The lowest BCUT2D eigenvalue weighted by Crippen LogP contribution is -2.44. The summed E-state index contributed by atoms with van der Waals surface area (Å²) in [6.45, 7) is 4.47. The number of carbonyl (C=O) groups excluding carboxylic acids is 1. The largest absolute Gasteiger partial charge is 0.399 e. The highest BCUT2D eigenvalue weighted by Gasteiger charge is 2.15. The molecule has 0 radical (unpaired) electrons. The SMILES string of the molecule is CC(C)[C@H](N)C(=O)NCCc1ccc(N)cc1. The highest BCUT2D eigenvalue weighted by molar-refractivity contribution is 5.81. The minimum absolute atomic E-state index is 0.0876. The molecule has 1 amide bonds. The van der Waals surface area contributed by atoms with Gasteiger partial charge in [-0.2, -0.15) is 0 Å². The maximum Gasteiger partial charge on any atom is 0.237 e. The Bertz CT molecular complexity index is 359. The first kappa shape index (κ1) is 13.5. The van der Waals surface area contributed by atoms with Gasteiger partial charge in [0.05, 0.1) is 6.04 Å². The smallest absolute Gasteiger partial charge is 0.237 e. The van der Waals surface area contributed by atoms with E-state index in [-0.39, 0.29) is 11.8 Å². The number of hydrogen-bond donors (Lipinski definition) is 3. The fourth-order valence-corrected chi connectivity index (χ4v) is 1.43. The van der Waals surface area contributed by atoms with E-state index in [0.717, 1.165) is 17.7 Å².